The summed E-state index contributed by atoms with van der Waals surface area (Å²) in [5.74, 6) is -3.36. The van der Waals surface area contributed by atoms with E-state index in [2.05, 4.69) is 34.1 Å². The van der Waals surface area contributed by atoms with Crippen LogP contribution in [0.2, 0.25) is 5.02 Å². The molecule has 9 nitrogen and oxygen atoms in total. The normalized spacial score (nSPS) is 19.3. The Morgan fingerprint density at radius 2 is 1.84 bits per heavy atom. The van der Waals surface area contributed by atoms with Crippen molar-refractivity contribution in [2.45, 2.75) is 32.5 Å². The Morgan fingerprint density at radius 3 is 2.53 bits per heavy atom. The summed E-state index contributed by atoms with van der Waals surface area (Å²) in [5, 5.41) is 12.5. The van der Waals surface area contributed by atoms with Gasteiger partial charge in [-0.05, 0) is 19.4 Å². The highest BCUT2D eigenvalue weighted by atomic mass is 35.5. The highest BCUT2D eigenvalue weighted by molar-refractivity contribution is 6.41. The number of hydrogen-bond donors (Lipinski definition) is 1. The van der Waals surface area contributed by atoms with Gasteiger partial charge in [-0.2, -0.15) is 0 Å². The molecule has 1 saturated heterocycles. The van der Waals surface area contributed by atoms with Crippen LogP contribution in [0.5, 0.6) is 0 Å². The number of benzene rings is 1. The number of Topliss-reactive ketones (excluding diaryl/α,β-unsaturated/α-hetero) is 1. The quantitative estimate of drug-likeness (QED) is 0.460. The Balaban J connectivity index is 1.59. The minimum absolute atomic E-state index is 0.0326. The summed E-state index contributed by atoms with van der Waals surface area (Å²) in [4.78, 5) is 44.4. The number of ketones is 1. The number of amides is 1. The van der Waals surface area contributed by atoms with Gasteiger partial charge in [-0.3, -0.25) is 14.5 Å². The molecule has 0 unspecified atom stereocenters. The summed E-state index contributed by atoms with van der Waals surface area (Å²) >= 11 is 6.28. The van der Waals surface area contributed by atoms with Crippen molar-refractivity contribution >= 4 is 40.4 Å². The number of aliphatic carboxylic acids is 1. The topological polar surface area (TPSA) is 117 Å². The summed E-state index contributed by atoms with van der Waals surface area (Å²) in [7, 11) is 0. The number of nitrogens with zero attached hydrogens (tertiary/aromatic N) is 4. The van der Waals surface area contributed by atoms with E-state index < -0.39 is 23.4 Å². The van der Waals surface area contributed by atoms with Crippen molar-refractivity contribution in [1.82, 2.24) is 19.9 Å². The van der Waals surface area contributed by atoms with Gasteiger partial charge >= 0.3 is 5.97 Å². The van der Waals surface area contributed by atoms with Crippen molar-refractivity contribution in [1.29, 1.82) is 0 Å². The van der Waals surface area contributed by atoms with E-state index in [1.165, 1.54) is 11.6 Å². The number of carbonyl (C=O) groups excluding carboxylic acids is 2. The molecule has 10 heteroatoms. The molecule has 1 amide bonds. The second-order valence-electron chi connectivity index (χ2n) is 7.90. The molecule has 2 atom stereocenters. The first-order valence-corrected chi connectivity index (χ1v) is 10.5. The van der Waals surface area contributed by atoms with Crippen molar-refractivity contribution in [2.75, 3.05) is 13.1 Å². The Labute approximate surface area is 188 Å². The molecule has 166 valence electrons. The number of carboxylic acids is 1. The number of rotatable bonds is 5. The van der Waals surface area contributed by atoms with Crippen LogP contribution in [-0.2, 0) is 11.3 Å². The molecular weight excluding hydrogens is 436 g/mol. The zero-order valence-electron chi connectivity index (χ0n) is 17.5. The lowest BCUT2D eigenvalue weighted by molar-refractivity contribution is -0.131. The second-order valence-corrected chi connectivity index (χ2v) is 8.31. The lowest BCUT2D eigenvalue weighted by Gasteiger charge is -2.44. The van der Waals surface area contributed by atoms with Gasteiger partial charge in [0.05, 0.1) is 5.02 Å². The zero-order chi connectivity index (χ0) is 23.0. The highest BCUT2D eigenvalue weighted by Gasteiger charge is 2.34. The van der Waals surface area contributed by atoms with Gasteiger partial charge in [-0.25, -0.2) is 9.78 Å². The average molecular weight is 457 g/mol. The van der Waals surface area contributed by atoms with E-state index in [1.54, 1.807) is 4.90 Å². The predicted octanol–water partition coefficient (Wildman–Crippen LogP) is 2.88. The molecule has 1 N–H and O–H groups in total. The molecule has 1 fully saturated rings. The lowest BCUT2D eigenvalue weighted by atomic mass is 10.1. The molecular formula is C22H21ClN4O5. The van der Waals surface area contributed by atoms with Crippen LogP contribution in [0.3, 0.4) is 0 Å². The van der Waals surface area contributed by atoms with E-state index in [4.69, 9.17) is 21.2 Å². The molecule has 0 aliphatic carbocycles. The van der Waals surface area contributed by atoms with Crippen LogP contribution in [-0.4, -0.2) is 67.9 Å². The van der Waals surface area contributed by atoms with E-state index in [9.17, 15) is 14.4 Å². The van der Waals surface area contributed by atoms with Gasteiger partial charge in [0.15, 0.2) is 11.3 Å². The first-order chi connectivity index (χ1) is 15.3. The number of aromatic nitrogens is 2. The van der Waals surface area contributed by atoms with Gasteiger partial charge in [0.1, 0.15) is 11.2 Å². The molecule has 32 heavy (non-hydrogen) atoms. The van der Waals surface area contributed by atoms with Crippen LogP contribution in [0.4, 0.5) is 0 Å². The Kier molecular flexibility index (Phi) is 5.94. The van der Waals surface area contributed by atoms with Crippen LogP contribution in [0.25, 0.3) is 11.1 Å². The summed E-state index contributed by atoms with van der Waals surface area (Å²) < 4.78 is 4.98. The van der Waals surface area contributed by atoms with Crippen LogP contribution in [0, 0.1) is 0 Å². The maximum absolute atomic E-state index is 13.3. The standard InChI is InChI=1S/C22H21ClN4O5/c1-12-10-27(13(2)9-26(12)11-14-6-4-3-5-7-14)21(29)17-15(23)8-16-18(24-17)19(25-32-16)20(28)22(30)31/h3-8,12-13H,9-11H2,1-2H3,(H,30,31)/t12-,13+/m0/s1. The van der Waals surface area contributed by atoms with E-state index in [0.717, 1.165) is 6.54 Å². The van der Waals surface area contributed by atoms with Crippen LogP contribution >= 0.6 is 11.6 Å². The predicted molar refractivity (Wildman–Crippen MR) is 116 cm³/mol. The monoisotopic (exact) mass is 456 g/mol. The number of piperazine rings is 1. The van der Waals surface area contributed by atoms with E-state index in [-0.39, 0.29) is 33.9 Å². The summed E-state index contributed by atoms with van der Waals surface area (Å²) in [6.07, 6.45) is 0. The molecule has 1 aliphatic rings. The number of halogens is 1. The molecule has 0 saturated carbocycles. The maximum atomic E-state index is 13.3. The maximum Gasteiger partial charge on any atom is 0.379 e. The van der Waals surface area contributed by atoms with Gasteiger partial charge in [0, 0.05) is 37.8 Å². The van der Waals surface area contributed by atoms with Gasteiger partial charge < -0.3 is 14.5 Å². The van der Waals surface area contributed by atoms with Gasteiger partial charge in [-0.1, -0.05) is 47.1 Å². The third-order valence-electron chi connectivity index (χ3n) is 5.62. The Morgan fingerprint density at radius 1 is 1.12 bits per heavy atom. The fraction of sp³-hybridized carbons (Fsp3) is 0.318. The second kappa shape index (κ2) is 8.68. The smallest absolute Gasteiger partial charge is 0.379 e. The van der Waals surface area contributed by atoms with E-state index >= 15 is 0 Å². The largest absolute Gasteiger partial charge is 0.475 e. The number of carbonyl (C=O) groups is 3. The van der Waals surface area contributed by atoms with Crippen LogP contribution in [0.15, 0.2) is 40.9 Å². The van der Waals surface area contributed by atoms with Gasteiger partial charge in [-0.15, -0.1) is 0 Å². The molecule has 3 aromatic rings. The highest BCUT2D eigenvalue weighted by Crippen LogP contribution is 2.27. The van der Waals surface area contributed by atoms with Crippen molar-refractivity contribution in [3.05, 3.63) is 58.4 Å². The number of hydrogen-bond acceptors (Lipinski definition) is 7. The van der Waals surface area contributed by atoms with Crippen LogP contribution in [0.1, 0.15) is 40.4 Å². The van der Waals surface area contributed by atoms with Crippen molar-refractivity contribution < 1.29 is 24.0 Å². The SMILES string of the molecule is C[C@@H]1CN(Cc2ccccc2)[C@@H](C)CN1C(=O)c1nc2c(C(=O)C(=O)O)noc2cc1Cl. The molecule has 0 bridgehead atoms. The molecule has 0 radical (unpaired) electrons. The third kappa shape index (κ3) is 4.09. The Bertz CT molecular complexity index is 1200. The first kappa shape index (κ1) is 21.9. The first-order valence-electron chi connectivity index (χ1n) is 10.1. The molecule has 0 spiro atoms. The fourth-order valence-corrected chi connectivity index (χ4v) is 4.13. The van der Waals surface area contributed by atoms with Gasteiger partial charge in [0.25, 0.3) is 11.7 Å². The minimum atomic E-state index is -1.69. The number of carboxylic acid groups (broad SMARTS) is 1. The average Bonchev–Trinajstić information content (AvgIpc) is 3.17. The van der Waals surface area contributed by atoms with E-state index in [0.29, 0.717) is 13.1 Å². The molecule has 4 rings (SSSR count). The fourth-order valence-electron chi connectivity index (χ4n) is 3.91. The van der Waals surface area contributed by atoms with E-state index in [1.807, 2.05) is 25.1 Å². The summed E-state index contributed by atoms with van der Waals surface area (Å²) in [6.45, 7) is 5.91. The van der Waals surface area contributed by atoms with Gasteiger partial charge in [0.2, 0.25) is 0 Å². The van der Waals surface area contributed by atoms with Crippen molar-refractivity contribution in [3.63, 3.8) is 0 Å². The third-order valence-corrected chi connectivity index (χ3v) is 5.91. The molecule has 1 aromatic carbocycles. The zero-order valence-corrected chi connectivity index (χ0v) is 18.2. The molecule has 2 aromatic heterocycles. The van der Waals surface area contributed by atoms with Crippen LogP contribution < -0.4 is 0 Å². The number of pyridine rings is 1. The lowest BCUT2D eigenvalue weighted by Crippen LogP contribution is -2.57. The van der Waals surface area contributed by atoms with Crippen molar-refractivity contribution in [2.24, 2.45) is 0 Å². The molecule has 3 heterocycles. The number of fused-ring (bicyclic) bond motifs is 1. The van der Waals surface area contributed by atoms with Crippen molar-refractivity contribution in [3.8, 4) is 0 Å². The Hall–Kier alpha value is -3.30. The summed E-state index contributed by atoms with van der Waals surface area (Å²) in [6, 6.07) is 11.4. The minimum Gasteiger partial charge on any atom is -0.475 e. The molecule has 1 aliphatic heterocycles. The summed E-state index contributed by atoms with van der Waals surface area (Å²) in [5.41, 5.74) is 0.591.